The van der Waals surface area contributed by atoms with E-state index in [9.17, 15) is 13.2 Å². The molecule has 1 atom stereocenters. The Hall–Kier alpha value is -2.74. The lowest BCUT2D eigenvalue weighted by molar-refractivity contribution is -0.133. The molecule has 28 heavy (non-hydrogen) atoms. The standard InChI is InChI=1S/C20H16F3N3OS/c1-12-11-24-9-8-19(12,2)18-25-17(27-26-18)15-10-14(13-6-4-3-5-7-13)16(28-15)20(21,22)23/h3-7,9-11H,8H2,1-2H3. The van der Waals surface area contributed by atoms with E-state index in [0.29, 0.717) is 34.0 Å². The zero-order valence-corrected chi connectivity index (χ0v) is 15.9. The summed E-state index contributed by atoms with van der Waals surface area (Å²) in [7, 11) is 0. The number of halogens is 3. The quantitative estimate of drug-likeness (QED) is 0.529. The molecular weight excluding hydrogens is 387 g/mol. The normalized spacial score (nSPS) is 19.7. The van der Waals surface area contributed by atoms with Gasteiger partial charge in [0.05, 0.1) is 10.3 Å². The summed E-state index contributed by atoms with van der Waals surface area (Å²) in [6, 6.07) is 9.94. The molecule has 1 aliphatic rings. The van der Waals surface area contributed by atoms with Crippen molar-refractivity contribution in [3.05, 3.63) is 58.9 Å². The summed E-state index contributed by atoms with van der Waals surface area (Å²) >= 11 is 0.612. The Morgan fingerprint density at radius 2 is 1.93 bits per heavy atom. The van der Waals surface area contributed by atoms with Gasteiger partial charge in [-0.1, -0.05) is 35.5 Å². The van der Waals surface area contributed by atoms with Crippen molar-refractivity contribution in [3.8, 4) is 21.9 Å². The summed E-state index contributed by atoms with van der Waals surface area (Å²) in [5.41, 5.74) is 1.08. The Kier molecular flexibility index (Phi) is 4.45. The molecule has 1 aliphatic heterocycles. The van der Waals surface area contributed by atoms with Crippen molar-refractivity contribution in [2.24, 2.45) is 4.99 Å². The summed E-state index contributed by atoms with van der Waals surface area (Å²) in [5.74, 6) is 0.523. The first kappa shape index (κ1) is 18.6. The number of hydrogen-bond donors (Lipinski definition) is 0. The van der Waals surface area contributed by atoms with Crippen LogP contribution in [0.15, 0.2) is 57.7 Å². The minimum Gasteiger partial charge on any atom is -0.333 e. The van der Waals surface area contributed by atoms with Crippen molar-refractivity contribution < 1.29 is 17.7 Å². The lowest BCUT2D eigenvalue weighted by Gasteiger charge is -2.26. The molecule has 0 bridgehead atoms. The number of nitrogens with zero attached hydrogens (tertiary/aromatic N) is 3. The van der Waals surface area contributed by atoms with Crippen LogP contribution >= 0.6 is 11.3 Å². The minimum absolute atomic E-state index is 0.0872. The zero-order valence-electron chi connectivity index (χ0n) is 15.1. The van der Waals surface area contributed by atoms with E-state index < -0.39 is 16.5 Å². The molecule has 0 amide bonds. The van der Waals surface area contributed by atoms with Crippen molar-refractivity contribution >= 4 is 17.6 Å². The summed E-state index contributed by atoms with van der Waals surface area (Å²) in [6.45, 7) is 3.89. The number of benzene rings is 1. The molecule has 0 fully saturated rings. The molecule has 0 aliphatic carbocycles. The van der Waals surface area contributed by atoms with Gasteiger partial charge in [-0.2, -0.15) is 18.2 Å². The minimum atomic E-state index is -4.47. The summed E-state index contributed by atoms with van der Waals surface area (Å²) in [5, 5.41) is 4.05. The zero-order chi connectivity index (χ0) is 19.9. The van der Waals surface area contributed by atoms with Gasteiger partial charge in [0, 0.05) is 18.0 Å². The highest BCUT2D eigenvalue weighted by molar-refractivity contribution is 7.16. The Morgan fingerprint density at radius 3 is 2.61 bits per heavy atom. The van der Waals surface area contributed by atoms with Gasteiger partial charge < -0.3 is 4.52 Å². The second kappa shape index (κ2) is 6.70. The van der Waals surface area contributed by atoms with Gasteiger partial charge in [-0.25, -0.2) is 0 Å². The third kappa shape index (κ3) is 3.17. The van der Waals surface area contributed by atoms with E-state index in [1.807, 2.05) is 13.8 Å². The summed E-state index contributed by atoms with van der Waals surface area (Å²) in [4.78, 5) is 8.15. The third-order valence-electron chi connectivity index (χ3n) is 4.95. The third-order valence-corrected chi connectivity index (χ3v) is 6.12. The Balaban J connectivity index is 1.77. The van der Waals surface area contributed by atoms with Crippen LogP contribution in [-0.4, -0.2) is 16.4 Å². The highest BCUT2D eigenvalue weighted by atomic mass is 32.1. The first-order chi connectivity index (χ1) is 13.3. The largest absolute Gasteiger partial charge is 0.426 e. The van der Waals surface area contributed by atoms with Crippen LogP contribution < -0.4 is 0 Å². The smallest absolute Gasteiger partial charge is 0.333 e. The number of aromatic nitrogens is 2. The maximum atomic E-state index is 13.6. The molecule has 0 radical (unpaired) electrons. The molecule has 0 saturated heterocycles. The van der Waals surface area contributed by atoms with Gasteiger partial charge in [-0.15, -0.1) is 11.3 Å². The first-order valence-electron chi connectivity index (χ1n) is 8.59. The number of hydrogen-bond acceptors (Lipinski definition) is 5. The molecule has 0 saturated carbocycles. The Bertz CT molecular complexity index is 1070. The predicted molar refractivity (Wildman–Crippen MR) is 102 cm³/mol. The Labute approximate surface area is 163 Å². The van der Waals surface area contributed by atoms with Crippen LogP contribution in [0.3, 0.4) is 0 Å². The van der Waals surface area contributed by atoms with E-state index in [0.717, 1.165) is 5.57 Å². The lowest BCUT2D eigenvalue weighted by atomic mass is 9.79. The fourth-order valence-corrected chi connectivity index (χ4v) is 4.03. The molecule has 8 heteroatoms. The number of thiophene rings is 1. The number of aliphatic imine (C=N–C) groups is 1. The molecule has 4 rings (SSSR count). The van der Waals surface area contributed by atoms with E-state index >= 15 is 0 Å². The van der Waals surface area contributed by atoms with E-state index in [-0.39, 0.29) is 11.5 Å². The van der Waals surface area contributed by atoms with Gasteiger partial charge in [-0.05, 0) is 37.5 Å². The monoisotopic (exact) mass is 403 g/mol. The van der Waals surface area contributed by atoms with Crippen molar-refractivity contribution in [1.29, 1.82) is 0 Å². The fourth-order valence-electron chi connectivity index (χ4n) is 3.06. The molecule has 1 aromatic carbocycles. The average molecular weight is 403 g/mol. The topological polar surface area (TPSA) is 51.3 Å². The highest BCUT2D eigenvalue weighted by Crippen LogP contribution is 2.46. The Morgan fingerprint density at radius 1 is 1.18 bits per heavy atom. The summed E-state index contributed by atoms with van der Waals surface area (Å²) < 4.78 is 46.1. The number of allylic oxidation sites excluding steroid dienone is 1. The molecule has 3 aromatic rings. The van der Waals surface area contributed by atoms with E-state index in [1.165, 1.54) is 6.07 Å². The lowest BCUT2D eigenvalue weighted by Crippen LogP contribution is -2.27. The van der Waals surface area contributed by atoms with Gasteiger partial charge in [0.25, 0.3) is 5.89 Å². The van der Waals surface area contributed by atoms with Crippen LogP contribution in [0.25, 0.3) is 21.9 Å². The second-order valence-electron chi connectivity index (χ2n) is 6.82. The molecule has 4 nitrogen and oxygen atoms in total. The van der Waals surface area contributed by atoms with Crippen molar-refractivity contribution in [2.75, 3.05) is 0 Å². The molecule has 3 heterocycles. The van der Waals surface area contributed by atoms with Gasteiger partial charge in [-0.3, -0.25) is 4.99 Å². The van der Waals surface area contributed by atoms with Crippen molar-refractivity contribution in [3.63, 3.8) is 0 Å². The molecule has 0 N–H and O–H groups in total. The van der Waals surface area contributed by atoms with E-state index in [2.05, 4.69) is 15.1 Å². The van der Waals surface area contributed by atoms with Crippen molar-refractivity contribution in [1.82, 2.24) is 10.1 Å². The molecule has 0 spiro atoms. The van der Waals surface area contributed by atoms with Gasteiger partial charge in [0.15, 0.2) is 5.82 Å². The first-order valence-corrected chi connectivity index (χ1v) is 9.40. The maximum Gasteiger partial charge on any atom is 0.426 e. The molecular formula is C20H16F3N3OS. The summed E-state index contributed by atoms with van der Waals surface area (Å²) in [6.07, 6.45) is -0.368. The second-order valence-corrected chi connectivity index (χ2v) is 7.87. The van der Waals surface area contributed by atoms with Crippen LogP contribution in [0.4, 0.5) is 13.2 Å². The van der Waals surface area contributed by atoms with Crippen LogP contribution in [0.5, 0.6) is 0 Å². The number of alkyl halides is 3. The van der Waals surface area contributed by atoms with E-state index in [4.69, 9.17) is 4.52 Å². The fraction of sp³-hybridized carbons (Fsp3) is 0.250. The molecule has 2 aromatic heterocycles. The van der Waals surface area contributed by atoms with Gasteiger partial charge in [0.1, 0.15) is 4.88 Å². The van der Waals surface area contributed by atoms with E-state index in [1.54, 1.807) is 42.7 Å². The van der Waals surface area contributed by atoms with Crippen molar-refractivity contribution in [2.45, 2.75) is 31.9 Å². The maximum absolute atomic E-state index is 13.6. The number of rotatable bonds is 3. The van der Waals surface area contributed by atoms with Crippen LogP contribution in [0.2, 0.25) is 0 Å². The van der Waals surface area contributed by atoms with Crippen LogP contribution in [0.1, 0.15) is 31.0 Å². The van der Waals surface area contributed by atoms with Crippen LogP contribution in [-0.2, 0) is 11.6 Å². The molecule has 144 valence electrons. The SMILES string of the molecule is CC1=CN=CCC1(C)c1noc(-c2cc(-c3ccccc3)c(C(F)(F)F)s2)n1. The highest BCUT2D eigenvalue weighted by Gasteiger charge is 2.38. The molecule has 1 unspecified atom stereocenters. The van der Waals surface area contributed by atoms with Gasteiger partial charge in [0.2, 0.25) is 0 Å². The van der Waals surface area contributed by atoms with Crippen LogP contribution in [0, 0.1) is 0 Å². The predicted octanol–water partition coefficient (Wildman–Crippen LogP) is 6.12. The average Bonchev–Trinajstić information content (AvgIpc) is 3.32. The van der Waals surface area contributed by atoms with Gasteiger partial charge >= 0.3 is 6.18 Å².